The molecule has 7 heteroatoms. The molecule has 1 aromatic heterocycles. The number of nitrogens with one attached hydrogen (secondary N) is 1. The van der Waals surface area contributed by atoms with E-state index in [0.29, 0.717) is 24.4 Å². The Kier molecular flexibility index (Phi) is 7.19. The lowest BCUT2D eigenvalue weighted by molar-refractivity contribution is 0.0908. The Morgan fingerprint density at radius 3 is 2.89 bits per heavy atom. The van der Waals surface area contributed by atoms with Gasteiger partial charge in [0, 0.05) is 17.8 Å². The first kappa shape index (κ1) is 15.9. The summed E-state index contributed by atoms with van der Waals surface area (Å²) in [7, 11) is 0. The van der Waals surface area contributed by atoms with Crippen LogP contribution in [0.3, 0.4) is 0 Å². The van der Waals surface area contributed by atoms with Gasteiger partial charge in [-0.3, -0.25) is 0 Å². The molecule has 0 amide bonds. The summed E-state index contributed by atoms with van der Waals surface area (Å²) < 4.78 is 5.61. The highest BCUT2D eigenvalue weighted by Gasteiger charge is 2.12. The van der Waals surface area contributed by atoms with E-state index >= 15 is 0 Å². The molecular weight excluding hydrogens is 296 g/mol. The zero-order valence-corrected chi connectivity index (χ0v) is 12.2. The number of hydrogen-bond acceptors (Lipinski definition) is 4. The standard InChI is InChI=1S/C11H15Cl2N3O.ClH/c12-10-8(5-15-11(13)16-10)6-17-7-9-3-1-2-4-14-9;/h5,9,14H,1-4,6-7H2;1H. The normalized spacial score (nSPS) is 19.3. The van der Waals surface area contributed by atoms with Crippen LogP contribution in [0, 0.1) is 0 Å². The summed E-state index contributed by atoms with van der Waals surface area (Å²) >= 11 is 11.5. The van der Waals surface area contributed by atoms with E-state index in [1.54, 1.807) is 6.20 Å². The quantitative estimate of drug-likeness (QED) is 0.686. The van der Waals surface area contributed by atoms with Crippen LogP contribution in [-0.4, -0.2) is 29.2 Å². The molecule has 1 saturated heterocycles. The van der Waals surface area contributed by atoms with Crippen LogP contribution in [0.25, 0.3) is 0 Å². The fourth-order valence-corrected chi connectivity index (χ4v) is 2.20. The fourth-order valence-electron chi connectivity index (χ4n) is 1.84. The summed E-state index contributed by atoms with van der Waals surface area (Å²) in [6, 6.07) is 0.454. The van der Waals surface area contributed by atoms with Gasteiger partial charge in [-0.05, 0) is 31.0 Å². The lowest BCUT2D eigenvalue weighted by Gasteiger charge is -2.23. The fraction of sp³-hybridized carbons (Fsp3) is 0.636. The third-order valence-electron chi connectivity index (χ3n) is 2.77. The second-order valence-electron chi connectivity index (χ2n) is 4.12. The van der Waals surface area contributed by atoms with Crippen LogP contribution in [0.5, 0.6) is 0 Å². The largest absolute Gasteiger partial charge is 0.375 e. The molecule has 0 saturated carbocycles. The van der Waals surface area contributed by atoms with Crippen LogP contribution in [0.4, 0.5) is 0 Å². The second kappa shape index (κ2) is 8.12. The zero-order valence-electron chi connectivity index (χ0n) is 9.86. The SMILES string of the molecule is Cl.Clc1ncc(COCC2CCCCN2)c(Cl)n1. The molecule has 18 heavy (non-hydrogen) atoms. The average Bonchev–Trinajstić information content (AvgIpc) is 2.33. The van der Waals surface area contributed by atoms with Crippen LogP contribution in [0.1, 0.15) is 24.8 Å². The topological polar surface area (TPSA) is 47.0 Å². The molecule has 102 valence electrons. The molecule has 1 atom stereocenters. The minimum atomic E-state index is 0. The van der Waals surface area contributed by atoms with Crippen molar-refractivity contribution in [3.05, 3.63) is 22.2 Å². The average molecular weight is 313 g/mol. The molecule has 1 aromatic rings. The van der Waals surface area contributed by atoms with E-state index in [1.807, 2.05) is 0 Å². The highest BCUT2D eigenvalue weighted by molar-refractivity contribution is 6.32. The molecule has 0 spiro atoms. The van der Waals surface area contributed by atoms with Gasteiger partial charge in [0.05, 0.1) is 13.2 Å². The monoisotopic (exact) mass is 311 g/mol. The predicted octanol–water partition coefficient (Wildman–Crippen LogP) is 2.86. The number of hydrogen-bond donors (Lipinski definition) is 1. The van der Waals surface area contributed by atoms with Gasteiger partial charge >= 0.3 is 0 Å². The van der Waals surface area contributed by atoms with Gasteiger partial charge in [-0.15, -0.1) is 12.4 Å². The van der Waals surface area contributed by atoms with Crippen LogP contribution in [0.15, 0.2) is 6.20 Å². The first-order chi connectivity index (χ1) is 8.25. The van der Waals surface area contributed by atoms with E-state index in [0.717, 1.165) is 12.1 Å². The van der Waals surface area contributed by atoms with E-state index in [9.17, 15) is 0 Å². The number of halogens is 3. The van der Waals surface area contributed by atoms with E-state index in [2.05, 4.69) is 15.3 Å². The molecule has 1 unspecified atom stereocenters. The van der Waals surface area contributed by atoms with Gasteiger partial charge in [0.15, 0.2) is 0 Å². The smallest absolute Gasteiger partial charge is 0.223 e. The Bertz CT molecular complexity index is 373. The maximum Gasteiger partial charge on any atom is 0.223 e. The van der Waals surface area contributed by atoms with Crippen molar-refractivity contribution in [3.8, 4) is 0 Å². The van der Waals surface area contributed by atoms with Gasteiger partial charge in [0.25, 0.3) is 0 Å². The molecule has 0 bridgehead atoms. The Hall–Kier alpha value is -0.130. The zero-order chi connectivity index (χ0) is 12.1. The first-order valence-corrected chi connectivity index (χ1v) is 6.49. The van der Waals surface area contributed by atoms with Crippen molar-refractivity contribution in [2.75, 3.05) is 13.2 Å². The molecule has 1 aliphatic rings. The predicted molar refractivity (Wildman–Crippen MR) is 74.6 cm³/mol. The molecule has 0 aromatic carbocycles. The van der Waals surface area contributed by atoms with Crippen molar-refractivity contribution < 1.29 is 4.74 Å². The molecule has 0 aliphatic carbocycles. The number of ether oxygens (including phenoxy) is 1. The van der Waals surface area contributed by atoms with Crippen molar-refractivity contribution in [2.45, 2.75) is 31.9 Å². The van der Waals surface area contributed by atoms with Crippen molar-refractivity contribution in [2.24, 2.45) is 0 Å². The Morgan fingerprint density at radius 2 is 2.22 bits per heavy atom. The summed E-state index contributed by atoms with van der Waals surface area (Å²) in [6.07, 6.45) is 5.30. The van der Waals surface area contributed by atoms with Crippen molar-refractivity contribution >= 4 is 35.6 Å². The number of rotatable bonds is 4. The van der Waals surface area contributed by atoms with Crippen LogP contribution >= 0.6 is 35.6 Å². The second-order valence-corrected chi connectivity index (χ2v) is 4.81. The van der Waals surface area contributed by atoms with Gasteiger partial charge in [0.2, 0.25) is 5.28 Å². The molecule has 1 aliphatic heterocycles. The van der Waals surface area contributed by atoms with Crippen molar-refractivity contribution in [1.82, 2.24) is 15.3 Å². The van der Waals surface area contributed by atoms with Gasteiger partial charge in [0.1, 0.15) is 5.15 Å². The van der Waals surface area contributed by atoms with Gasteiger partial charge < -0.3 is 10.1 Å². The maximum absolute atomic E-state index is 5.92. The van der Waals surface area contributed by atoms with E-state index < -0.39 is 0 Å². The van der Waals surface area contributed by atoms with Crippen LogP contribution < -0.4 is 5.32 Å². The summed E-state index contributed by atoms with van der Waals surface area (Å²) in [5.74, 6) is 0. The Labute approximate surface area is 123 Å². The van der Waals surface area contributed by atoms with E-state index in [1.165, 1.54) is 19.3 Å². The summed E-state index contributed by atoms with van der Waals surface area (Å²) in [6.45, 7) is 2.20. The third kappa shape index (κ3) is 4.86. The number of nitrogens with zero attached hydrogens (tertiary/aromatic N) is 2. The Balaban J connectivity index is 0.00000162. The lowest BCUT2D eigenvalue weighted by Crippen LogP contribution is -2.37. The minimum Gasteiger partial charge on any atom is -0.375 e. The van der Waals surface area contributed by atoms with Crippen molar-refractivity contribution in [1.29, 1.82) is 0 Å². The first-order valence-electron chi connectivity index (χ1n) is 5.74. The van der Waals surface area contributed by atoms with Gasteiger partial charge in [-0.25, -0.2) is 9.97 Å². The number of piperidine rings is 1. The van der Waals surface area contributed by atoms with Crippen LogP contribution in [-0.2, 0) is 11.3 Å². The lowest BCUT2D eigenvalue weighted by atomic mass is 10.1. The minimum absolute atomic E-state index is 0. The summed E-state index contributed by atoms with van der Waals surface area (Å²) in [5.41, 5.74) is 0.770. The molecule has 0 radical (unpaired) electrons. The van der Waals surface area contributed by atoms with E-state index in [4.69, 9.17) is 27.9 Å². The Morgan fingerprint density at radius 1 is 1.39 bits per heavy atom. The molecule has 2 rings (SSSR count). The molecule has 2 heterocycles. The van der Waals surface area contributed by atoms with E-state index in [-0.39, 0.29) is 17.7 Å². The molecular formula is C11H16Cl3N3O. The number of aromatic nitrogens is 2. The van der Waals surface area contributed by atoms with Crippen LogP contribution in [0.2, 0.25) is 10.4 Å². The van der Waals surface area contributed by atoms with Gasteiger partial charge in [-0.2, -0.15) is 0 Å². The summed E-state index contributed by atoms with van der Waals surface area (Å²) in [5, 5.41) is 3.94. The third-order valence-corrected chi connectivity index (χ3v) is 3.28. The maximum atomic E-state index is 5.92. The highest BCUT2D eigenvalue weighted by atomic mass is 35.5. The molecule has 4 nitrogen and oxygen atoms in total. The highest BCUT2D eigenvalue weighted by Crippen LogP contribution is 2.15. The molecule has 1 N–H and O–H groups in total. The molecule has 1 fully saturated rings. The van der Waals surface area contributed by atoms with Gasteiger partial charge in [-0.1, -0.05) is 18.0 Å². The summed E-state index contributed by atoms with van der Waals surface area (Å²) in [4.78, 5) is 7.74. The van der Waals surface area contributed by atoms with Crippen molar-refractivity contribution in [3.63, 3.8) is 0 Å².